The molecule has 0 aliphatic heterocycles. The summed E-state index contributed by atoms with van der Waals surface area (Å²) in [5.41, 5.74) is 1.81. The maximum atomic E-state index is 14.5. The number of pyridine rings is 1. The van der Waals surface area contributed by atoms with Crippen LogP contribution in [0.25, 0.3) is 10.9 Å². The molecule has 1 aliphatic rings. The Kier molecular flexibility index (Phi) is 6.28. The van der Waals surface area contributed by atoms with Gasteiger partial charge >= 0.3 is 5.97 Å². The van der Waals surface area contributed by atoms with Crippen molar-refractivity contribution in [2.45, 2.75) is 57.9 Å². The molecule has 1 saturated carbocycles. The number of aromatic amines is 1. The highest BCUT2D eigenvalue weighted by molar-refractivity contribution is 5.97. The Hall–Kier alpha value is -2.90. The fraction of sp³-hybridized carbons (Fsp3) is 0.450. The van der Waals surface area contributed by atoms with E-state index in [-0.39, 0.29) is 23.4 Å². The number of hydrogen-bond donors (Lipinski definition) is 3. The normalized spacial score (nSPS) is 14.6. The van der Waals surface area contributed by atoms with Crippen LogP contribution in [-0.4, -0.2) is 22.9 Å². The molecule has 0 spiro atoms. The van der Waals surface area contributed by atoms with Crippen molar-refractivity contribution in [3.05, 3.63) is 39.9 Å². The zero-order valence-corrected chi connectivity index (χ0v) is 15.8. The van der Waals surface area contributed by atoms with Gasteiger partial charge < -0.3 is 15.1 Å². The van der Waals surface area contributed by atoms with Gasteiger partial charge in [0.05, 0.1) is 11.2 Å². The van der Waals surface area contributed by atoms with Gasteiger partial charge in [0.15, 0.2) is 0 Å². The van der Waals surface area contributed by atoms with Crippen LogP contribution >= 0.6 is 0 Å². The van der Waals surface area contributed by atoms with E-state index in [1.54, 1.807) is 13.0 Å². The van der Waals surface area contributed by atoms with Gasteiger partial charge in [-0.15, -0.1) is 0 Å². The minimum atomic E-state index is -0.864. The van der Waals surface area contributed by atoms with Gasteiger partial charge in [-0.05, 0) is 31.4 Å². The van der Waals surface area contributed by atoms with Crippen molar-refractivity contribution >= 4 is 28.5 Å². The molecule has 0 bridgehead atoms. The summed E-state index contributed by atoms with van der Waals surface area (Å²) in [4.78, 5) is 43.5. The van der Waals surface area contributed by atoms with Crippen molar-refractivity contribution in [1.82, 2.24) is 10.5 Å². The standard InChI is InChI=1S/C20H24FN3O4/c1-2-6-18(25)28-24-20(27)14-11-22-16-10-17(15(21)9-13(16)19(14)26)23-12-7-4-3-5-8-12/h9-12,23H,2-8H2,1H3,(H,22,26)(H,24,27). The molecule has 1 aromatic carbocycles. The van der Waals surface area contributed by atoms with Crippen molar-refractivity contribution in [3.8, 4) is 0 Å². The Balaban J connectivity index is 1.81. The number of fused-ring (bicyclic) bond motifs is 1. The Bertz CT molecular complexity index is 935. The highest BCUT2D eigenvalue weighted by atomic mass is 19.1. The van der Waals surface area contributed by atoms with E-state index in [1.165, 1.54) is 12.6 Å². The van der Waals surface area contributed by atoms with E-state index < -0.39 is 23.1 Å². The van der Waals surface area contributed by atoms with Crippen molar-refractivity contribution in [1.29, 1.82) is 0 Å². The lowest BCUT2D eigenvalue weighted by molar-refractivity contribution is -0.149. The molecule has 1 amide bonds. The third-order valence-electron chi connectivity index (χ3n) is 4.89. The van der Waals surface area contributed by atoms with Crippen LogP contribution in [0.2, 0.25) is 0 Å². The molecule has 0 unspecified atom stereocenters. The minimum absolute atomic E-state index is 0.0548. The third-order valence-corrected chi connectivity index (χ3v) is 4.89. The van der Waals surface area contributed by atoms with E-state index in [2.05, 4.69) is 15.1 Å². The first-order valence-corrected chi connectivity index (χ1v) is 9.61. The number of aromatic nitrogens is 1. The number of rotatable bonds is 5. The molecule has 3 rings (SSSR count). The summed E-state index contributed by atoms with van der Waals surface area (Å²) in [6.07, 6.45) is 7.36. The van der Waals surface area contributed by atoms with Gasteiger partial charge in [0.2, 0.25) is 5.43 Å². The first-order chi connectivity index (χ1) is 13.5. The Labute approximate surface area is 161 Å². The number of benzene rings is 1. The summed E-state index contributed by atoms with van der Waals surface area (Å²) in [5.74, 6) is -2.01. The van der Waals surface area contributed by atoms with Crippen LogP contribution in [0.5, 0.6) is 0 Å². The van der Waals surface area contributed by atoms with E-state index >= 15 is 0 Å². The fourth-order valence-corrected chi connectivity index (χ4v) is 3.40. The molecular formula is C20H24FN3O4. The third kappa shape index (κ3) is 4.49. The minimum Gasteiger partial charge on any atom is -0.380 e. The second-order valence-electron chi connectivity index (χ2n) is 7.04. The smallest absolute Gasteiger partial charge is 0.332 e. The average molecular weight is 389 g/mol. The summed E-state index contributed by atoms with van der Waals surface area (Å²) in [7, 11) is 0. The number of hydrogen-bond acceptors (Lipinski definition) is 5. The van der Waals surface area contributed by atoms with Crippen LogP contribution in [0, 0.1) is 5.82 Å². The largest absolute Gasteiger partial charge is 0.380 e. The summed E-state index contributed by atoms with van der Waals surface area (Å²) in [6, 6.07) is 2.89. The van der Waals surface area contributed by atoms with Crippen LogP contribution < -0.4 is 16.2 Å². The van der Waals surface area contributed by atoms with Gasteiger partial charge in [0.25, 0.3) is 5.91 Å². The van der Waals surface area contributed by atoms with Gasteiger partial charge in [-0.2, -0.15) is 5.48 Å². The summed E-state index contributed by atoms with van der Waals surface area (Å²) >= 11 is 0. The van der Waals surface area contributed by atoms with E-state index in [0.29, 0.717) is 17.6 Å². The summed E-state index contributed by atoms with van der Waals surface area (Å²) in [5, 5.41) is 3.26. The average Bonchev–Trinajstić information content (AvgIpc) is 2.69. The van der Waals surface area contributed by atoms with Crippen molar-refractivity contribution in [2.75, 3.05) is 5.32 Å². The molecule has 0 atom stereocenters. The highest BCUT2D eigenvalue weighted by Gasteiger charge is 2.18. The number of nitrogens with one attached hydrogen (secondary N) is 3. The molecule has 1 heterocycles. The second kappa shape index (κ2) is 8.86. The number of anilines is 1. The first-order valence-electron chi connectivity index (χ1n) is 9.61. The fourth-order valence-electron chi connectivity index (χ4n) is 3.40. The predicted octanol–water partition coefficient (Wildman–Crippen LogP) is 3.40. The van der Waals surface area contributed by atoms with Crippen molar-refractivity contribution < 1.29 is 18.8 Å². The molecule has 0 radical (unpaired) electrons. The van der Waals surface area contributed by atoms with Crippen molar-refractivity contribution in [3.63, 3.8) is 0 Å². The lowest BCUT2D eigenvalue weighted by Gasteiger charge is -2.24. The Morgan fingerprint density at radius 2 is 2.00 bits per heavy atom. The van der Waals surface area contributed by atoms with E-state index in [9.17, 15) is 18.8 Å². The molecule has 28 heavy (non-hydrogen) atoms. The number of carbonyl (C=O) groups excluding carboxylic acids is 2. The van der Waals surface area contributed by atoms with Gasteiger partial charge in [-0.3, -0.25) is 9.59 Å². The van der Waals surface area contributed by atoms with Gasteiger partial charge in [0, 0.05) is 24.0 Å². The number of H-pyrrole nitrogens is 1. The Morgan fingerprint density at radius 3 is 2.71 bits per heavy atom. The summed E-state index contributed by atoms with van der Waals surface area (Å²) < 4.78 is 14.5. The first kappa shape index (κ1) is 19.9. The quantitative estimate of drug-likeness (QED) is 0.681. The predicted molar refractivity (Wildman–Crippen MR) is 103 cm³/mol. The molecule has 1 aromatic heterocycles. The number of halogens is 1. The van der Waals surface area contributed by atoms with E-state index in [4.69, 9.17) is 0 Å². The lowest BCUT2D eigenvalue weighted by Crippen LogP contribution is -2.31. The SMILES string of the molecule is CCCC(=O)ONC(=O)c1c[nH]c2cc(NC3CCCCC3)c(F)cc2c1=O. The zero-order chi connectivity index (χ0) is 20.1. The Morgan fingerprint density at radius 1 is 1.25 bits per heavy atom. The van der Waals surface area contributed by atoms with E-state index in [0.717, 1.165) is 31.7 Å². The molecule has 8 heteroatoms. The number of hydroxylamine groups is 1. The molecule has 1 aliphatic carbocycles. The van der Waals surface area contributed by atoms with Crippen LogP contribution in [0.3, 0.4) is 0 Å². The molecule has 2 aromatic rings. The molecule has 150 valence electrons. The van der Waals surface area contributed by atoms with Crippen LogP contribution in [0.15, 0.2) is 23.1 Å². The maximum Gasteiger partial charge on any atom is 0.332 e. The van der Waals surface area contributed by atoms with Crippen LogP contribution in [0.4, 0.5) is 10.1 Å². The maximum absolute atomic E-state index is 14.5. The van der Waals surface area contributed by atoms with Crippen molar-refractivity contribution in [2.24, 2.45) is 0 Å². The lowest BCUT2D eigenvalue weighted by atomic mass is 9.95. The van der Waals surface area contributed by atoms with Gasteiger partial charge in [-0.1, -0.05) is 26.2 Å². The zero-order valence-electron chi connectivity index (χ0n) is 15.8. The molecule has 1 fully saturated rings. The summed E-state index contributed by atoms with van der Waals surface area (Å²) in [6.45, 7) is 1.79. The highest BCUT2D eigenvalue weighted by Crippen LogP contribution is 2.25. The van der Waals surface area contributed by atoms with Crippen LogP contribution in [0.1, 0.15) is 62.2 Å². The number of carbonyl (C=O) groups is 2. The second-order valence-corrected chi connectivity index (χ2v) is 7.04. The number of amides is 1. The van der Waals surface area contributed by atoms with Crippen LogP contribution in [-0.2, 0) is 9.63 Å². The molecule has 3 N–H and O–H groups in total. The topological polar surface area (TPSA) is 100 Å². The molecule has 7 nitrogen and oxygen atoms in total. The monoisotopic (exact) mass is 389 g/mol. The molecular weight excluding hydrogens is 365 g/mol. The van der Waals surface area contributed by atoms with E-state index in [1.807, 2.05) is 5.48 Å². The molecule has 0 saturated heterocycles. The van der Waals surface area contributed by atoms with Gasteiger partial charge in [0.1, 0.15) is 11.4 Å². The van der Waals surface area contributed by atoms with Gasteiger partial charge in [-0.25, -0.2) is 9.18 Å².